The summed E-state index contributed by atoms with van der Waals surface area (Å²) in [5, 5.41) is 6.39. The number of hydrogen-bond acceptors (Lipinski definition) is 3. The molecule has 1 aliphatic rings. The maximum atomic E-state index is 13.3. The first kappa shape index (κ1) is 18.2. The highest BCUT2D eigenvalue weighted by atomic mass is 16.2. The first-order valence-corrected chi connectivity index (χ1v) is 9.57. The van der Waals surface area contributed by atoms with Crippen LogP contribution in [0.3, 0.4) is 0 Å². The van der Waals surface area contributed by atoms with Crippen molar-refractivity contribution in [3.8, 4) is 0 Å². The highest BCUT2D eigenvalue weighted by Gasteiger charge is 2.32. The van der Waals surface area contributed by atoms with Crippen LogP contribution in [0.5, 0.6) is 0 Å². The lowest BCUT2D eigenvalue weighted by Gasteiger charge is -2.28. The van der Waals surface area contributed by atoms with Crippen LogP contribution in [0.15, 0.2) is 54.6 Å². The average Bonchev–Trinajstić information content (AvgIpc) is 2.69. The topological polar surface area (TPSA) is 89.3 Å². The van der Waals surface area contributed by atoms with Gasteiger partial charge in [-0.3, -0.25) is 14.4 Å². The molecule has 0 aromatic heterocycles. The molecular formula is C23H22N2O3. The zero-order valence-corrected chi connectivity index (χ0v) is 15.5. The summed E-state index contributed by atoms with van der Waals surface area (Å²) in [6.07, 6.45) is 2.24. The number of fused-ring (bicyclic) bond motifs is 2. The summed E-state index contributed by atoms with van der Waals surface area (Å²) in [7, 11) is 0. The molecule has 1 aliphatic carbocycles. The van der Waals surface area contributed by atoms with Gasteiger partial charge in [0.15, 0.2) is 0 Å². The molecule has 142 valence electrons. The van der Waals surface area contributed by atoms with Crippen molar-refractivity contribution in [3.05, 3.63) is 60.2 Å². The van der Waals surface area contributed by atoms with Crippen LogP contribution in [-0.2, 0) is 9.59 Å². The highest BCUT2D eigenvalue weighted by molar-refractivity contribution is 6.18. The molecule has 0 aliphatic heterocycles. The van der Waals surface area contributed by atoms with Crippen molar-refractivity contribution in [3.63, 3.8) is 0 Å². The molecule has 28 heavy (non-hydrogen) atoms. The third kappa shape index (κ3) is 3.36. The van der Waals surface area contributed by atoms with Crippen molar-refractivity contribution in [1.82, 2.24) is 5.32 Å². The second kappa shape index (κ2) is 7.43. The standard InChI is InChI=1S/C23H22N2O3/c24-22(27)21(16-8-5-9-17(26)13-16)25-23(28)20-18-10-3-1-6-14(18)12-15-7-2-4-11-19(15)20/h1-4,6-7,10-12,16,21H,5,8-9,13H2,(H2,24,27)(H,25,28)/t16-,21+/m1/s1. The van der Waals surface area contributed by atoms with Gasteiger partial charge in [0.1, 0.15) is 11.8 Å². The number of carbonyl (C=O) groups is 3. The van der Waals surface area contributed by atoms with Crippen LogP contribution < -0.4 is 11.1 Å². The summed E-state index contributed by atoms with van der Waals surface area (Å²) in [5.41, 5.74) is 6.13. The van der Waals surface area contributed by atoms with Crippen LogP contribution >= 0.6 is 0 Å². The van der Waals surface area contributed by atoms with Gasteiger partial charge in [0.05, 0.1) is 5.56 Å². The molecule has 5 nitrogen and oxygen atoms in total. The Kier molecular flexibility index (Phi) is 4.82. The van der Waals surface area contributed by atoms with E-state index >= 15 is 0 Å². The number of Topliss-reactive ketones (excluding diaryl/α,β-unsaturated/α-hetero) is 1. The van der Waals surface area contributed by atoms with Crippen molar-refractivity contribution in [2.45, 2.75) is 31.7 Å². The number of benzene rings is 3. The predicted octanol–water partition coefficient (Wildman–Crippen LogP) is 3.34. The number of amides is 2. The number of ketones is 1. The smallest absolute Gasteiger partial charge is 0.253 e. The molecule has 0 saturated heterocycles. The second-order valence-electron chi connectivity index (χ2n) is 7.44. The largest absolute Gasteiger partial charge is 0.368 e. The minimum atomic E-state index is -0.852. The Bertz CT molecular complexity index is 1040. The molecule has 2 atom stereocenters. The highest BCUT2D eigenvalue weighted by Crippen LogP contribution is 2.29. The van der Waals surface area contributed by atoms with Crippen LogP contribution in [0.4, 0.5) is 0 Å². The van der Waals surface area contributed by atoms with Crippen molar-refractivity contribution >= 4 is 39.1 Å². The van der Waals surface area contributed by atoms with E-state index in [4.69, 9.17) is 5.73 Å². The number of nitrogens with one attached hydrogen (secondary N) is 1. The Morgan fingerprint density at radius 2 is 1.61 bits per heavy atom. The molecule has 4 rings (SSSR count). The van der Waals surface area contributed by atoms with Gasteiger partial charge < -0.3 is 11.1 Å². The monoisotopic (exact) mass is 374 g/mol. The molecule has 0 heterocycles. The van der Waals surface area contributed by atoms with Crippen molar-refractivity contribution in [2.24, 2.45) is 11.7 Å². The molecule has 3 aromatic rings. The van der Waals surface area contributed by atoms with Crippen LogP contribution in [0, 0.1) is 5.92 Å². The Morgan fingerprint density at radius 1 is 1.00 bits per heavy atom. The second-order valence-corrected chi connectivity index (χ2v) is 7.44. The zero-order valence-electron chi connectivity index (χ0n) is 15.5. The van der Waals surface area contributed by atoms with E-state index in [9.17, 15) is 14.4 Å². The summed E-state index contributed by atoms with van der Waals surface area (Å²) in [4.78, 5) is 37.2. The van der Waals surface area contributed by atoms with Crippen LogP contribution in [0.2, 0.25) is 0 Å². The SMILES string of the molecule is NC(=O)[C@@H](NC(=O)c1c2ccccc2cc2ccccc12)[C@@H]1CCCC(=O)C1. The van der Waals surface area contributed by atoms with Gasteiger partial charge in [-0.2, -0.15) is 0 Å². The molecule has 3 aromatic carbocycles. The Hall–Kier alpha value is -3.21. The fourth-order valence-corrected chi connectivity index (χ4v) is 4.24. The molecule has 0 bridgehead atoms. The Balaban J connectivity index is 1.76. The van der Waals surface area contributed by atoms with Crippen molar-refractivity contribution < 1.29 is 14.4 Å². The molecule has 0 spiro atoms. The van der Waals surface area contributed by atoms with Gasteiger partial charge in [-0.25, -0.2) is 0 Å². The molecule has 0 unspecified atom stereocenters. The maximum Gasteiger partial charge on any atom is 0.253 e. The molecule has 1 fully saturated rings. The fraction of sp³-hybridized carbons (Fsp3) is 0.261. The Morgan fingerprint density at radius 3 is 2.18 bits per heavy atom. The van der Waals surface area contributed by atoms with Gasteiger partial charge in [-0.15, -0.1) is 0 Å². The number of rotatable bonds is 4. The molecule has 5 heteroatoms. The Labute approximate surface area is 162 Å². The maximum absolute atomic E-state index is 13.3. The van der Waals surface area contributed by atoms with Gasteiger partial charge in [0.25, 0.3) is 5.91 Å². The quantitative estimate of drug-likeness (QED) is 0.687. The average molecular weight is 374 g/mol. The molecule has 2 amide bonds. The van der Waals surface area contributed by atoms with Gasteiger partial charge in [0.2, 0.25) is 5.91 Å². The third-order valence-corrected chi connectivity index (χ3v) is 5.58. The van der Waals surface area contributed by atoms with E-state index in [0.29, 0.717) is 18.4 Å². The lowest BCUT2D eigenvalue weighted by molar-refractivity contribution is -0.124. The number of primary amides is 1. The molecular weight excluding hydrogens is 352 g/mol. The number of hydrogen-bond donors (Lipinski definition) is 2. The van der Waals surface area contributed by atoms with E-state index in [2.05, 4.69) is 5.32 Å². The van der Waals surface area contributed by atoms with Gasteiger partial charge >= 0.3 is 0 Å². The minimum absolute atomic E-state index is 0.118. The molecule has 1 saturated carbocycles. The van der Waals surface area contributed by atoms with E-state index in [-0.39, 0.29) is 24.0 Å². The lowest BCUT2D eigenvalue weighted by atomic mass is 9.82. The fourth-order valence-electron chi connectivity index (χ4n) is 4.24. The van der Waals surface area contributed by atoms with Gasteiger partial charge in [0, 0.05) is 12.8 Å². The van der Waals surface area contributed by atoms with Crippen molar-refractivity contribution in [1.29, 1.82) is 0 Å². The van der Waals surface area contributed by atoms with Gasteiger partial charge in [-0.1, -0.05) is 48.5 Å². The van der Waals surface area contributed by atoms with E-state index in [0.717, 1.165) is 28.0 Å². The zero-order chi connectivity index (χ0) is 19.7. The third-order valence-electron chi connectivity index (χ3n) is 5.58. The van der Waals surface area contributed by atoms with E-state index in [1.165, 1.54) is 0 Å². The molecule has 0 radical (unpaired) electrons. The van der Waals surface area contributed by atoms with E-state index < -0.39 is 11.9 Å². The van der Waals surface area contributed by atoms with Crippen molar-refractivity contribution in [2.75, 3.05) is 0 Å². The summed E-state index contributed by atoms with van der Waals surface area (Å²) in [5.74, 6) is -1.07. The normalized spacial score (nSPS) is 18.1. The first-order valence-electron chi connectivity index (χ1n) is 9.57. The summed E-state index contributed by atoms with van der Waals surface area (Å²) in [6.45, 7) is 0. The van der Waals surface area contributed by atoms with Crippen LogP contribution in [-0.4, -0.2) is 23.6 Å². The molecule has 3 N–H and O–H groups in total. The summed E-state index contributed by atoms with van der Waals surface area (Å²) >= 11 is 0. The minimum Gasteiger partial charge on any atom is -0.368 e. The van der Waals surface area contributed by atoms with Gasteiger partial charge in [-0.05, 0) is 46.4 Å². The van der Waals surface area contributed by atoms with Crippen LogP contribution in [0.25, 0.3) is 21.5 Å². The summed E-state index contributed by atoms with van der Waals surface area (Å²) in [6, 6.07) is 16.6. The summed E-state index contributed by atoms with van der Waals surface area (Å²) < 4.78 is 0. The van der Waals surface area contributed by atoms with Crippen LogP contribution in [0.1, 0.15) is 36.0 Å². The first-order chi connectivity index (χ1) is 13.5. The lowest BCUT2D eigenvalue weighted by Crippen LogP contribution is -2.50. The number of nitrogens with two attached hydrogens (primary N) is 1. The van der Waals surface area contributed by atoms with E-state index in [1.807, 2.05) is 54.6 Å². The predicted molar refractivity (Wildman–Crippen MR) is 109 cm³/mol. The number of carbonyl (C=O) groups excluding carboxylic acids is 3. The van der Waals surface area contributed by atoms with E-state index in [1.54, 1.807) is 0 Å².